The van der Waals surface area contributed by atoms with E-state index in [9.17, 15) is 4.79 Å². The molecular weight excluding hydrogens is 350 g/mol. The van der Waals surface area contributed by atoms with E-state index in [4.69, 9.17) is 0 Å². The predicted octanol–water partition coefficient (Wildman–Crippen LogP) is 3.84. The van der Waals surface area contributed by atoms with Crippen molar-refractivity contribution in [3.63, 3.8) is 0 Å². The van der Waals surface area contributed by atoms with Crippen LogP contribution in [0.1, 0.15) is 0 Å². The second kappa shape index (κ2) is 6.59. The van der Waals surface area contributed by atoms with Crippen LogP contribution in [0, 0.1) is 0 Å². The highest BCUT2D eigenvalue weighted by molar-refractivity contribution is 5.82. The number of hydrogen-bond donors (Lipinski definition) is 1. The lowest BCUT2D eigenvalue weighted by atomic mass is 10.1. The van der Waals surface area contributed by atoms with Gasteiger partial charge in [-0.25, -0.2) is 0 Å². The van der Waals surface area contributed by atoms with Crippen LogP contribution in [0.4, 0.5) is 0 Å². The number of nitrogens with zero attached hydrogens (tertiary/aromatic N) is 4. The first-order valence-corrected chi connectivity index (χ1v) is 8.86. The van der Waals surface area contributed by atoms with Crippen LogP contribution < -0.4 is 5.43 Å². The molecule has 28 heavy (non-hydrogen) atoms. The van der Waals surface area contributed by atoms with Gasteiger partial charge in [-0.05, 0) is 45.8 Å². The standard InChI is InChI=1S/C22H15N5O/c28-21-18-8-4-5-9-20(18)23-14-19(21)22-24-25-26-27(22)17-12-10-16(11-13-17)15-6-2-1-3-7-15/h1-14H,(H,23,28). The van der Waals surface area contributed by atoms with Gasteiger partial charge in [-0.2, -0.15) is 4.68 Å². The number of nitrogens with one attached hydrogen (secondary N) is 1. The van der Waals surface area contributed by atoms with E-state index in [1.54, 1.807) is 16.9 Å². The van der Waals surface area contributed by atoms with Crippen molar-refractivity contribution in [1.82, 2.24) is 25.2 Å². The molecule has 0 saturated carbocycles. The van der Waals surface area contributed by atoms with Crippen molar-refractivity contribution in [1.29, 1.82) is 0 Å². The van der Waals surface area contributed by atoms with Gasteiger partial charge in [0.25, 0.3) is 0 Å². The fraction of sp³-hybridized carbons (Fsp3) is 0. The molecule has 6 nitrogen and oxygen atoms in total. The summed E-state index contributed by atoms with van der Waals surface area (Å²) in [5.41, 5.74) is 4.12. The topological polar surface area (TPSA) is 76.5 Å². The average Bonchev–Trinajstić information content (AvgIpc) is 3.24. The second-order valence-corrected chi connectivity index (χ2v) is 6.40. The molecule has 5 aromatic rings. The zero-order chi connectivity index (χ0) is 18.9. The van der Waals surface area contributed by atoms with E-state index < -0.39 is 0 Å². The number of benzene rings is 3. The lowest BCUT2D eigenvalue weighted by molar-refractivity contribution is 0.791. The monoisotopic (exact) mass is 365 g/mol. The number of para-hydroxylation sites is 1. The Bertz CT molecular complexity index is 1320. The Hall–Kier alpha value is -4.06. The third-order valence-corrected chi connectivity index (χ3v) is 4.72. The molecule has 0 unspecified atom stereocenters. The molecule has 134 valence electrons. The molecule has 0 aliphatic rings. The minimum absolute atomic E-state index is 0.105. The minimum Gasteiger partial charge on any atom is -0.360 e. The van der Waals surface area contributed by atoms with Crippen LogP contribution in [0.25, 0.3) is 39.1 Å². The number of fused-ring (bicyclic) bond motifs is 1. The van der Waals surface area contributed by atoms with Crippen molar-refractivity contribution in [2.75, 3.05) is 0 Å². The molecule has 5 rings (SSSR count). The Kier molecular flexibility index (Phi) is 3.80. The molecule has 0 bridgehead atoms. The largest absolute Gasteiger partial charge is 0.360 e. The zero-order valence-electron chi connectivity index (χ0n) is 14.8. The van der Waals surface area contributed by atoms with Crippen LogP contribution in [0.5, 0.6) is 0 Å². The molecule has 2 heterocycles. The summed E-state index contributed by atoms with van der Waals surface area (Å²) in [5, 5.41) is 12.6. The van der Waals surface area contributed by atoms with E-state index in [0.717, 1.165) is 22.3 Å². The maximum absolute atomic E-state index is 12.9. The van der Waals surface area contributed by atoms with Gasteiger partial charge in [-0.1, -0.05) is 54.6 Å². The van der Waals surface area contributed by atoms with E-state index in [-0.39, 0.29) is 5.43 Å². The smallest absolute Gasteiger partial charge is 0.200 e. The summed E-state index contributed by atoms with van der Waals surface area (Å²) in [6.07, 6.45) is 1.66. The fourth-order valence-corrected chi connectivity index (χ4v) is 3.29. The molecule has 6 heteroatoms. The van der Waals surface area contributed by atoms with Crippen molar-refractivity contribution < 1.29 is 0 Å². The van der Waals surface area contributed by atoms with Gasteiger partial charge >= 0.3 is 0 Å². The third-order valence-electron chi connectivity index (χ3n) is 4.72. The molecule has 0 aliphatic carbocycles. The summed E-state index contributed by atoms with van der Waals surface area (Å²) < 4.78 is 1.58. The molecule has 0 radical (unpaired) electrons. The first kappa shape index (κ1) is 16.1. The summed E-state index contributed by atoms with van der Waals surface area (Å²) >= 11 is 0. The van der Waals surface area contributed by atoms with Gasteiger partial charge in [0.2, 0.25) is 0 Å². The van der Waals surface area contributed by atoms with Gasteiger partial charge in [0.1, 0.15) is 0 Å². The summed E-state index contributed by atoms with van der Waals surface area (Å²) in [4.78, 5) is 16.1. The summed E-state index contributed by atoms with van der Waals surface area (Å²) in [6.45, 7) is 0. The molecule has 0 amide bonds. The van der Waals surface area contributed by atoms with Crippen LogP contribution in [0.2, 0.25) is 0 Å². The Morgan fingerprint density at radius 3 is 2.32 bits per heavy atom. The molecule has 0 fully saturated rings. The molecule has 0 atom stereocenters. The van der Waals surface area contributed by atoms with Gasteiger partial charge in [0.15, 0.2) is 11.3 Å². The predicted molar refractivity (Wildman–Crippen MR) is 108 cm³/mol. The van der Waals surface area contributed by atoms with Crippen molar-refractivity contribution in [3.05, 3.63) is 95.3 Å². The maximum atomic E-state index is 12.9. The molecule has 0 aliphatic heterocycles. The van der Waals surface area contributed by atoms with E-state index in [2.05, 4.69) is 32.6 Å². The second-order valence-electron chi connectivity index (χ2n) is 6.40. The van der Waals surface area contributed by atoms with Crippen LogP contribution in [-0.4, -0.2) is 25.2 Å². The Morgan fingerprint density at radius 1 is 0.786 bits per heavy atom. The number of H-pyrrole nitrogens is 1. The summed E-state index contributed by atoms with van der Waals surface area (Å²) in [6, 6.07) is 25.4. The Labute approximate surface area is 160 Å². The molecule has 1 N–H and O–H groups in total. The molecule has 0 spiro atoms. The Morgan fingerprint density at radius 2 is 1.50 bits per heavy atom. The van der Waals surface area contributed by atoms with Crippen molar-refractivity contribution in [2.24, 2.45) is 0 Å². The van der Waals surface area contributed by atoms with Gasteiger partial charge in [0.05, 0.1) is 11.3 Å². The lowest BCUT2D eigenvalue weighted by Gasteiger charge is -2.07. The van der Waals surface area contributed by atoms with Crippen molar-refractivity contribution >= 4 is 10.9 Å². The van der Waals surface area contributed by atoms with E-state index in [1.165, 1.54) is 0 Å². The van der Waals surface area contributed by atoms with Crippen LogP contribution >= 0.6 is 0 Å². The number of aromatic amines is 1. The summed E-state index contributed by atoms with van der Waals surface area (Å²) in [7, 11) is 0. The maximum Gasteiger partial charge on any atom is 0.200 e. The van der Waals surface area contributed by atoms with Gasteiger partial charge < -0.3 is 4.98 Å². The SMILES string of the molecule is O=c1c(-c2nnnn2-c2ccc(-c3ccccc3)cc2)c[nH]c2ccccc12. The van der Waals surface area contributed by atoms with Crippen LogP contribution in [0.3, 0.4) is 0 Å². The first-order chi connectivity index (χ1) is 13.8. The van der Waals surface area contributed by atoms with E-state index in [0.29, 0.717) is 16.8 Å². The number of pyridine rings is 1. The van der Waals surface area contributed by atoms with Crippen LogP contribution in [0.15, 0.2) is 89.9 Å². The molecule has 2 aromatic heterocycles. The molecule has 3 aromatic carbocycles. The third kappa shape index (κ3) is 2.68. The summed E-state index contributed by atoms with van der Waals surface area (Å²) in [5.74, 6) is 0.402. The normalized spacial score (nSPS) is 11.0. The number of tetrazole rings is 1. The number of rotatable bonds is 3. The zero-order valence-corrected chi connectivity index (χ0v) is 14.8. The number of hydrogen-bond acceptors (Lipinski definition) is 4. The quantitative estimate of drug-likeness (QED) is 0.527. The van der Waals surface area contributed by atoms with Crippen molar-refractivity contribution in [3.8, 4) is 28.2 Å². The number of aromatic nitrogens is 5. The average molecular weight is 365 g/mol. The highest BCUT2D eigenvalue weighted by atomic mass is 16.1. The van der Waals surface area contributed by atoms with Gasteiger partial charge in [-0.3, -0.25) is 4.79 Å². The van der Waals surface area contributed by atoms with Crippen LogP contribution in [-0.2, 0) is 0 Å². The van der Waals surface area contributed by atoms with Gasteiger partial charge in [-0.15, -0.1) is 5.10 Å². The van der Waals surface area contributed by atoms with E-state index in [1.807, 2.05) is 60.7 Å². The highest BCUT2D eigenvalue weighted by Gasteiger charge is 2.15. The fourth-order valence-electron chi connectivity index (χ4n) is 3.29. The molecule has 0 saturated heterocycles. The van der Waals surface area contributed by atoms with Crippen molar-refractivity contribution in [2.45, 2.75) is 0 Å². The minimum atomic E-state index is -0.105. The Balaban J connectivity index is 1.59. The van der Waals surface area contributed by atoms with E-state index >= 15 is 0 Å². The first-order valence-electron chi connectivity index (χ1n) is 8.86. The molecular formula is C22H15N5O. The van der Waals surface area contributed by atoms with Gasteiger partial charge in [0, 0.05) is 17.1 Å². The highest BCUT2D eigenvalue weighted by Crippen LogP contribution is 2.22. The lowest BCUT2D eigenvalue weighted by Crippen LogP contribution is -2.10.